The van der Waals surface area contributed by atoms with Gasteiger partial charge in [-0.2, -0.15) is 5.26 Å². The van der Waals surface area contributed by atoms with Crippen LogP contribution in [-0.4, -0.2) is 17.4 Å². The minimum absolute atomic E-state index is 0.167. The van der Waals surface area contributed by atoms with Crippen LogP contribution in [0.2, 0.25) is 0 Å². The van der Waals surface area contributed by atoms with E-state index in [4.69, 9.17) is 4.74 Å². The normalized spacial score (nSPS) is 11.5. The molecule has 0 aliphatic rings. The van der Waals surface area contributed by atoms with Gasteiger partial charge in [0.25, 0.3) is 0 Å². The Balaban J connectivity index is 1.69. The molecule has 124 valence electrons. The van der Waals surface area contributed by atoms with Crippen LogP contribution in [-0.2, 0) is 4.79 Å². The summed E-state index contributed by atoms with van der Waals surface area (Å²) in [6, 6.07) is 18.9. The van der Waals surface area contributed by atoms with Crippen LogP contribution in [0, 0.1) is 11.3 Å². The van der Waals surface area contributed by atoms with Crippen LogP contribution in [0.25, 0.3) is 11.3 Å². The first kappa shape index (κ1) is 17.3. The van der Waals surface area contributed by atoms with Gasteiger partial charge in [-0.25, -0.2) is 4.98 Å². The van der Waals surface area contributed by atoms with Crippen molar-refractivity contribution in [1.29, 1.82) is 5.26 Å². The fourth-order valence-electron chi connectivity index (χ4n) is 2.20. The highest BCUT2D eigenvalue weighted by atomic mass is 79.9. The molecule has 0 saturated heterocycles. The number of nitrogens with zero attached hydrogens (tertiary/aromatic N) is 2. The highest BCUT2D eigenvalue weighted by Gasteiger charge is 2.24. The molecule has 1 unspecified atom stereocenters. The molecule has 1 atom stereocenters. The molecule has 6 heteroatoms. The van der Waals surface area contributed by atoms with Crippen LogP contribution in [0.1, 0.15) is 10.9 Å². The third-order valence-electron chi connectivity index (χ3n) is 3.48. The molecule has 0 bridgehead atoms. The van der Waals surface area contributed by atoms with Crippen molar-refractivity contribution in [2.45, 2.75) is 5.92 Å². The molecule has 0 spiro atoms. The van der Waals surface area contributed by atoms with E-state index in [-0.39, 0.29) is 12.4 Å². The van der Waals surface area contributed by atoms with Crippen LogP contribution >= 0.6 is 27.3 Å². The number of carbonyl (C=O) groups is 1. The summed E-state index contributed by atoms with van der Waals surface area (Å²) in [5, 5.41) is 11.7. The lowest BCUT2D eigenvalue weighted by atomic mass is 10.1. The second-order valence-electron chi connectivity index (χ2n) is 5.21. The van der Waals surface area contributed by atoms with Gasteiger partial charge in [-0.3, -0.25) is 4.79 Å². The van der Waals surface area contributed by atoms with Gasteiger partial charge in [0.2, 0.25) is 0 Å². The van der Waals surface area contributed by atoms with E-state index in [0.717, 1.165) is 15.7 Å². The first-order valence-corrected chi connectivity index (χ1v) is 9.16. The molecule has 3 aromatic rings. The maximum atomic E-state index is 12.4. The van der Waals surface area contributed by atoms with Gasteiger partial charge in [-0.1, -0.05) is 46.3 Å². The lowest BCUT2D eigenvalue weighted by molar-refractivity contribution is -0.121. The molecule has 0 saturated carbocycles. The van der Waals surface area contributed by atoms with Crippen LogP contribution in [0.3, 0.4) is 0 Å². The Labute approximate surface area is 157 Å². The quantitative estimate of drug-likeness (QED) is 0.581. The fourth-order valence-corrected chi connectivity index (χ4v) is 3.35. The van der Waals surface area contributed by atoms with Crippen molar-refractivity contribution in [3.8, 4) is 23.1 Å². The molecule has 1 heterocycles. The zero-order chi connectivity index (χ0) is 17.6. The first-order valence-electron chi connectivity index (χ1n) is 7.49. The van der Waals surface area contributed by atoms with Gasteiger partial charge in [-0.05, 0) is 24.3 Å². The molecule has 0 radical (unpaired) electrons. The zero-order valence-electron chi connectivity index (χ0n) is 13.1. The number of thiazole rings is 1. The first-order chi connectivity index (χ1) is 12.2. The summed E-state index contributed by atoms with van der Waals surface area (Å²) < 4.78 is 6.40. The molecule has 0 amide bonds. The van der Waals surface area contributed by atoms with Gasteiger partial charge >= 0.3 is 0 Å². The molecule has 4 nitrogen and oxygen atoms in total. The Morgan fingerprint density at radius 3 is 2.60 bits per heavy atom. The predicted octanol–water partition coefficient (Wildman–Crippen LogP) is 4.83. The average molecular weight is 413 g/mol. The maximum Gasteiger partial charge on any atom is 0.194 e. The number of rotatable bonds is 6. The number of halogens is 1. The van der Waals surface area contributed by atoms with Crippen molar-refractivity contribution >= 4 is 33.0 Å². The number of ketones is 1. The number of Topliss-reactive ketones (excluding diaryl/α,β-unsaturated/α-hetero) is 1. The van der Waals surface area contributed by atoms with E-state index < -0.39 is 5.92 Å². The molecule has 2 aromatic carbocycles. The number of aromatic nitrogens is 1. The number of hydrogen-bond acceptors (Lipinski definition) is 5. The van der Waals surface area contributed by atoms with Crippen LogP contribution in [0.4, 0.5) is 0 Å². The van der Waals surface area contributed by atoms with Crippen molar-refractivity contribution < 1.29 is 9.53 Å². The second-order valence-corrected chi connectivity index (χ2v) is 7.01. The average Bonchev–Trinajstić information content (AvgIpc) is 3.12. The number of hydrogen-bond donors (Lipinski definition) is 0. The largest absolute Gasteiger partial charge is 0.486 e. The summed E-state index contributed by atoms with van der Waals surface area (Å²) in [6.07, 6.45) is 0. The van der Waals surface area contributed by atoms with Gasteiger partial charge in [0.15, 0.2) is 11.7 Å². The number of ether oxygens (including phenoxy) is 1. The van der Waals surface area contributed by atoms with Crippen LogP contribution < -0.4 is 4.74 Å². The van der Waals surface area contributed by atoms with Crippen molar-refractivity contribution in [2.75, 3.05) is 6.61 Å². The Bertz CT molecular complexity index is 901. The van der Waals surface area contributed by atoms with Gasteiger partial charge in [0, 0.05) is 15.4 Å². The lowest BCUT2D eigenvalue weighted by Gasteiger charge is -2.08. The summed E-state index contributed by atoms with van der Waals surface area (Å²) in [7, 11) is 0. The number of nitriles is 1. The molecule has 3 rings (SSSR count). The summed E-state index contributed by atoms with van der Waals surface area (Å²) in [5.74, 6) is -0.644. The minimum atomic E-state index is -0.919. The van der Waals surface area contributed by atoms with E-state index in [9.17, 15) is 10.1 Å². The van der Waals surface area contributed by atoms with E-state index >= 15 is 0 Å². The lowest BCUT2D eigenvalue weighted by Crippen LogP contribution is -2.19. The monoisotopic (exact) mass is 412 g/mol. The van der Waals surface area contributed by atoms with Crippen molar-refractivity contribution in [1.82, 2.24) is 4.98 Å². The van der Waals surface area contributed by atoms with Gasteiger partial charge in [-0.15, -0.1) is 11.3 Å². The number of benzene rings is 2. The molecular weight excluding hydrogens is 400 g/mol. The van der Waals surface area contributed by atoms with E-state index in [0.29, 0.717) is 10.8 Å². The molecular formula is C19H13BrN2O2S. The highest BCUT2D eigenvalue weighted by Crippen LogP contribution is 2.27. The Morgan fingerprint density at radius 1 is 1.20 bits per heavy atom. The Morgan fingerprint density at radius 2 is 1.92 bits per heavy atom. The highest BCUT2D eigenvalue weighted by molar-refractivity contribution is 9.10. The van der Waals surface area contributed by atoms with Gasteiger partial charge < -0.3 is 4.74 Å². The van der Waals surface area contributed by atoms with Gasteiger partial charge in [0.05, 0.1) is 11.8 Å². The smallest absolute Gasteiger partial charge is 0.194 e. The summed E-state index contributed by atoms with van der Waals surface area (Å²) in [4.78, 5) is 16.8. The molecule has 0 aliphatic carbocycles. The molecule has 0 N–H and O–H groups in total. The number of carbonyl (C=O) groups excluding carboxylic acids is 1. The third-order valence-corrected chi connectivity index (χ3v) is 4.92. The topological polar surface area (TPSA) is 63.0 Å². The molecule has 0 aliphatic heterocycles. The summed E-state index contributed by atoms with van der Waals surface area (Å²) in [5.41, 5.74) is 1.72. The predicted molar refractivity (Wildman–Crippen MR) is 101 cm³/mol. The molecule has 1 aromatic heterocycles. The second kappa shape index (κ2) is 8.06. The molecule has 0 fully saturated rings. The third kappa shape index (κ3) is 4.32. The van der Waals surface area contributed by atoms with Crippen LogP contribution in [0.15, 0.2) is 64.5 Å². The standard InChI is InChI=1S/C19H13BrN2O2S/c20-14-6-8-15(9-7-14)24-11-18(23)16(10-21)19-22-17(12-25-19)13-4-2-1-3-5-13/h1-9,12,16H,11H2. The van der Waals surface area contributed by atoms with Gasteiger partial charge in [0.1, 0.15) is 17.4 Å². The van der Waals surface area contributed by atoms with Crippen molar-refractivity contribution in [3.63, 3.8) is 0 Å². The SMILES string of the molecule is N#CC(C(=O)COc1ccc(Br)cc1)c1nc(-c2ccccc2)cs1. The summed E-state index contributed by atoms with van der Waals surface area (Å²) in [6.45, 7) is -0.167. The minimum Gasteiger partial charge on any atom is -0.486 e. The van der Waals surface area contributed by atoms with E-state index in [1.807, 2.05) is 53.9 Å². The Kier molecular flexibility index (Phi) is 5.59. The van der Waals surface area contributed by atoms with Crippen molar-refractivity contribution in [3.05, 3.63) is 69.5 Å². The maximum absolute atomic E-state index is 12.4. The summed E-state index contributed by atoms with van der Waals surface area (Å²) >= 11 is 4.65. The van der Waals surface area contributed by atoms with E-state index in [1.54, 1.807) is 12.1 Å². The van der Waals surface area contributed by atoms with E-state index in [1.165, 1.54) is 11.3 Å². The van der Waals surface area contributed by atoms with Crippen molar-refractivity contribution in [2.24, 2.45) is 0 Å². The zero-order valence-corrected chi connectivity index (χ0v) is 15.5. The van der Waals surface area contributed by atoms with Crippen LogP contribution in [0.5, 0.6) is 5.75 Å². The Hall–Kier alpha value is -2.49. The fraction of sp³-hybridized carbons (Fsp3) is 0.105. The molecule has 25 heavy (non-hydrogen) atoms. The van der Waals surface area contributed by atoms with E-state index in [2.05, 4.69) is 20.9 Å².